The van der Waals surface area contributed by atoms with E-state index in [9.17, 15) is 4.79 Å². The molecule has 0 aliphatic carbocycles. The molecule has 0 unspecified atom stereocenters. The third-order valence-corrected chi connectivity index (χ3v) is 4.95. The van der Waals surface area contributed by atoms with Crippen molar-refractivity contribution in [2.75, 3.05) is 13.1 Å². The van der Waals surface area contributed by atoms with E-state index in [-0.39, 0.29) is 11.3 Å². The smallest absolute Gasteiger partial charge is 0.157 e. The van der Waals surface area contributed by atoms with Crippen LogP contribution in [0.5, 0.6) is 0 Å². The Kier molecular flexibility index (Phi) is 5.17. The summed E-state index contributed by atoms with van der Waals surface area (Å²) in [6.07, 6.45) is 7.84. The van der Waals surface area contributed by atoms with Crippen molar-refractivity contribution in [1.29, 1.82) is 0 Å². The predicted octanol–water partition coefficient (Wildman–Crippen LogP) is 3.50. The molecule has 0 atom stereocenters. The molecule has 110 valence electrons. The number of Topliss-reactive ketones (excluding diaryl/α,β-unsaturated/α-hetero) is 1. The van der Waals surface area contributed by atoms with Gasteiger partial charge in [-0.1, -0.05) is 25.4 Å². The second kappa shape index (κ2) is 6.68. The molecule has 1 aromatic heterocycles. The first-order valence-electron chi connectivity index (χ1n) is 7.50. The number of halogens is 1. The van der Waals surface area contributed by atoms with Crippen molar-refractivity contribution in [1.82, 2.24) is 9.88 Å². The van der Waals surface area contributed by atoms with E-state index in [2.05, 4.69) is 23.7 Å². The Morgan fingerprint density at radius 3 is 2.55 bits per heavy atom. The summed E-state index contributed by atoms with van der Waals surface area (Å²) in [6, 6.07) is 1.85. The van der Waals surface area contributed by atoms with Crippen LogP contribution in [0.4, 0.5) is 0 Å². The number of pyridine rings is 1. The Bertz CT molecular complexity index is 465. The van der Waals surface area contributed by atoms with Gasteiger partial charge in [0.25, 0.3) is 0 Å². The first-order valence-corrected chi connectivity index (χ1v) is 7.88. The maximum Gasteiger partial charge on any atom is 0.157 e. The van der Waals surface area contributed by atoms with Gasteiger partial charge in [0.1, 0.15) is 0 Å². The fraction of sp³-hybridized carbons (Fsp3) is 0.625. The molecule has 0 spiro atoms. The molecule has 0 N–H and O–H groups in total. The van der Waals surface area contributed by atoms with E-state index in [0.29, 0.717) is 11.4 Å². The Balaban J connectivity index is 2.21. The highest BCUT2D eigenvalue weighted by Crippen LogP contribution is 2.31. The van der Waals surface area contributed by atoms with Crippen LogP contribution in [-0.4, -0.2) is 34.3 Å². The van der Waals surface area contributed by atoms with E-state index in [1.165, 1.54) is 12.8 Å². The van der Waals surface area contributed by atoms with Gasteiger partial charge >= 0.3 is 0 Å². The zero-order chi connectivity index (χ0) is 14.6. The monoisotopic (exact) mass is 294 g/mol. The summed E-state index contributed by atoms with van der Waals surface area (Å²) in [4.78, 5) is 19.3. The zero-order valence-electron chi connectivity index (χ0n) is 12.4. The number of hydrogen-bond acceptors (Lipinski definition) is 3. The standard InChI is InChI=1S/C16H23ClN2O/c1-3-16(4-2,19-9-5-6-10-19)15(20)11-13-7-8-18-12-14(13)17/h7-8,12H,3-6,9-11H2,1-2H3. The van der Waals surface area contributed by atoms with Gasteiger partial charge in [-0.25, -0.2) is 0 Å². The molecule has 1 fully saturated rings. The molecule has 0 aromatic carbocycles. The van der Waals surface area contributed by atoms with Gasteiger partial charge < -0.3 is 0 Å². The van der Waals surface area contributed by atoms with Crippen molar-refractivity contribution in [3.8, 4) is 0 Å². The summed E-state index contributed by atoms with van der Waals surface area (Å²) in [6.45, 7) is 6.32. The number of carbonyl (C=O) groups is 1. The second-order valence-electron chi connectivity index (χ2n) is 5.50. The highest BCUT2D eigenvalue weighted by atomic mass is 35.5. The van der Waals surface area contributed by atoms with Crippen LogP contribution in [0.25, 0.3) is 0 Å². The largest absolute Gasteiger partial charge is 0.297 e. The molecule has 3 nitrogen and oxygen atoms in total. The lowest BCUT2D eigenvalue weighted by Crippen LogP contribution is -2.53. The van der Waals surface area contributed by atoms with Crippen molar-refractivity contribution in [3.63, 3.8) is 0 Å². The Labute approximate surface area is 126 Å². The van der Waals surface area contributed by atoms with Crippen molar-refractivity contribution in [3.05, 3.63) is 29.0 Å². The molecule has 1 aromatic rings. The van der Waals surface area contributed by atoms with Gasteiger partial charge in [-0.2, -0.15) is 0 Å². The zero-order valence-corrected chi connectivity index (χ0v) is 13.1. The van der Waals surface area contributed by atoms with Crippen molar-refractivity contribution in [2.24, 2.45) is 0 Å². The first-order chi connectivity index (χ1) is 9.64. The van der Waals surface area contributed by atoms with E-state index in [1.54, 1.807) is 12.4 Å². The van der Waals surface area contributed by atoms with Crippen LogP contribution < -0.4 is 0 Å². The first kappa shape index (κ1) is 15.5. The summed E-state index contributed by atoms with van der Waals surface area (Å²) in [7, 11) is 0. The average molecular weight is 295 g/mol. The van der Waals surface area contributed by atoms with Crippen molar-refractivity contribution in [2.45, 2.75) is 51.5 Å². The van der Waals surface area contributed by atoms with Crippen LogP contribution in [0.3, 0.4) is 0 Å². The minimum Gasteiger partial charge on any atom is -0.297 e. The van der Waals surface area contributed by atoms with Crippen LogP contribution in [0.15, 0.2) is 18.5 Å². The van der Waals surface area contributed by atoms with E-state index in [0.717, 1.165) is 31.5 Å². The van der Waals surface area contributed by atoms with Gasteiger partial charge in [0.15, 0.2) is 5.78 Å². The normalized spacial score (nSPS) is 16.6. The number of carbonyl (C=O) groups excluding carboxylic acids is 1. The highest BCUT2D eigenvalue weighted by Gasteiger charge is 2.41. The number of aromatic nitrogens is 1. The molecule has 1 aliphatic heterocycles. The fourth-order valence-corrected chi connectivity index (χ4v) is 3.48. The quantitative estimate of drug-likeness (QED) is 0.805. The summed E-state index contributed by atoms with van der Waals surface area (Å²) >= 11 is 6.14. The van der Waals surface area contributed by atoms with E-state index in [4.69, 9.17) is 11.6 Å². The topological polar surface area (TPSA) is 33.2 Å². The SMILES string of the molecule is CCC(CC)(C(=O)Cc1ccncc1Cl)N1CCCC1. The van der Waals surface area contributed by atoms with Gasteiger partial charge in [-0.05, 0) is 50.4 Å². The molecule has 2 heterocycles. The lowest BCUT2D eigenvalue weighted by atomic mass is 9.83. The van der Waals surface area contributed by atoms with Crippen LogP contribution in [0.2, 0.25) is 5.02 Å². The lowest BCUT2D eigenvalue weighted by Gasteiger charge is -2.39. The van der Waals surface area contributed by atoms with Crippen molar-refractivity contribution >= 4 is 17.4 Å². The van der Waals surface area contributed by atoms with Gasteiger partial charge in [0, 0.05) is 18.8 Å². The minimum absolute atomic E-state index is 0.289. The lowest BCUT2D eigenvalue weighted by molar-refractivity contribution is -0.130. The van der Waals surface area contributed by atoms with Crippen LogP contribution in [0.1, 0.15) is 45.1 Å². The minimum atomic E-state index is -0.316. The maximum absolute atomic E-state index is 12.9. The predicted molar refractivity (Wildman–Crippen MR) is 82.1 cm³/mol. The second-order valence-corrected chi connectivity index (χ2v) is 5.91. The molecular formula is C16H23ClN2O. The number of rotatable bonds is 6. The summed E-state index contributed by atoms with van der Waals surface area (Å²) in [5, 5.41) is 0.586. The number of nitrogens with zero attached hydrogens (tertiary/aromatic N) is 2. The molecule has 0 saturated carbocycles. The Morgan fingerprint density at radius 2 is 2.00 bits per heavy atom. The Morgan fingerprint density at radius 1 is 1.35 bits per heavy atom. The van der Waals surface area contributed by atoms with Crippen molar-refractivity contribution < 1.29 is 4.79 Å². The van der Waals surface area contributed by atoms with Gasteiger partial charge in [0.05, 0.1) is 10.6 Å². The van der Waals surface area contributed by atoms with Gasteiger partial charge in [-0.15, -0.1) is 0 Å². The molecule has 2 rings (SSSR count). The summed E-state index contributed by atoms with van der Waals surface area (Å²) in [5.74, 6) is 0.289. The molecule has 0 radical (unpaired) electrons. The fourth-order valence-electron chi connectivity index (χ4n) is 3.30. The molecule has 1 aliphatic rings. The third kappa shape index (κ3) is 2.89. The highest BCUT2D eigenvalue weighted by molar-refractivity contribution is 6.31. The molecule has 4 heteroatoms. The average Bonchev–Trinajstić information content (AvgIpc) is 2.98. The van der Waals surface area contributed by atoms with Gasteiger partial charge in [0.2, 0.25) is 0 Å². The molecule has 1 saturated heterocycles. The molecule has 0 bridgehead atoms. The third-order valence-electron chi connectivity index (χ3n) is 4.61. The number of hydrogen-bond donors (Lipinski definition) is 0. The van der Waals surface area contributed by atoms with E-state index >= 15 is 0 Å². The van der Waals surface area contributed by atoms with Gasteiger partial charge in [-0.3, -0.25) is 14.7 Å². The van der Waals surface area contributed by atoms with E-state index in [1.807, 2.05) is 6.07 Å². The summed E-state index contributed by atoms with van der Waals surface area (Å²) in [5.41, 5.74) is 0.570. The van der Waals surface area contributed by atoms with Crippen LogP contribution >= 0.6 is 11.6 Å². The Hall–Kier alpha value is -0.930. The number of ketones is 1. The van der Waals surface area contributed by atoms with E-state index < -0.39 is 0 Å². The maximum atomic E-state index is 12.9. The number of likely N-dealkylation sites (tertiary alicyclic amines) is 1. The van der Waals surface area contributed by atoms with Crippen LogP contribution in [-0.2, 0) is 11.2 Å². The van der Waals surface area contributed by atoms with Crippen LogP contribution in [0, 0.1) is 0 Å². The molecular weight excluding hydrogens is 272 g/mol. The summed E-state index contributed by atoms with van der Waals surface area (Å²) < 4.78 is 0. The molecule has 20 heavy (non-hydrogen) atoms. The molecule has 0 amide bonds.